The molecule has 1 unspecified atom stereocenters. The van der Waals surface area contributed by atoms with E-state index in [1.807, 2.05) is 0 Å². The van der Waals surface area contributed by atoms with Crippen LogP contribution in [0.25, 0.3) is 0 Å². The number of hydrogen-bond donors (Lipinski definition) is 1. The van der Waals surface area contributed by atoms with Crippen molar-refractivity contribution in [1.82, 2.24) is 0 Å². The molecule has 0 heterocycles. The van der Waals surface area contributed by atoms with Crippen molar-refractivity contribution in [3.05, 3.63) is 23.5 Å². The molecule has 1 rings (SSSR count). The largest absolute Gasteiger partial charge is 0.496 e. The highest BCUT2D eigenvalue weighted by Crippen LogP contribution is 2.31. The molecule has 0 bridgehead atoms. The Balaban J connectivity index is 3.45. The molecule has 6 heteroatoms. The van der Waals surface area contributed by atoms with E-state index in [1.165, 1.54) is 7.11 Å². The Labute approximate surface area is 100.0 Å². The minimum absolute atomic E-state index is 0.173. The van der Waals surface area contributed by atoms with Crippen LogP contribution in [-0.4, -0.2) is 33.5 Å². The Hall–Kier alpha value is -1.14. The van der Waals surface area contributed by atoms with Crippen molar-refractivity contribution in [2.75, 3.05) is 20.0 Å². The molecule has 96 valence electrons. The second-order valence-corrected chi connectivity index (χ2v) is 5.86. The summed E-state index contributed by atoms with van der Waals surface area (Å²) in [6.45, 7) is 1.52. The highest BCUT2D eigenvalue weighted by molar-refractivity contribution is 7.90. The van der Waals surface area contributed by atoms with Crippen molar-refractivity contribution in [1.29, 1.82) is 0 Å². The number of rotatable bonds is 4. The SMILES string of the molecule is COc1cc(S(C)(=O)=O)c(F)cc1C(C)CO. The topological polar surface area (TPSA) is 63.6 Å². The Morgan fingerprint density at radius 3 is 2.47 bits per heavy atom. The van der Waals surface area contributed by atoms with Crippen LogP contribution in [0.4, 0.5) is 4.39 Å². The molecule has 1 atom stereocenters. The number of halogens is 1. The van der Waals surface area contributed by atoms with Gasteiger partial charge in [-0.2, -0.15) is 0 Å². The summed E-state index contributed by atoms with van der Waals surface area (Å²) in [5.41, 5.74) is 0.444. The van der Waals surface area contributed by atoms with Gasteiger partial charge in [0.2, 0.25) is 0 Å². The molecule has 0 spiro atoms. The highest BCUT2D eigenvalue weighted by atomic mass is 32.2. The molecule has 0 saturated heterocycles. The van der Waals surface area contributed by atoms with E-state index < -0.39 is 20.5 Å². The van der Waals surface area contributed by atoms with E-state index in [2.05, 4.69) is 0 Å². The number of ether oxygens (including phenoxy) is 1. The average Bonchev–Trinajstić information content (AvgIpc) is 2.26. The summed E-state index contributed by atoms with van der Waals surface area (Å²) < 4.78 is 41.3. The van der Waals surface area contributed by atoms with E-state index in [0.29, 0.717) is 5.56 Å². The lowest BCUT2D eigenvalue weighted by Gasteiger charge is -2.15. The molecule has 1 N–H and O–H groups in total. The maximum absolute atomic E-state index is 13.6. The van der Waals surface area contributed by atoms with Gasteiger partial charge in [0.05, 0.1) is 7.11 Å². The van der Waals surface area contributed by atoms with Crippen LogP contribution in [0.2, 0.25) is 0 Å². The van der Waals surface area contributed by atoms with Crippen LogP contribution in [-0.2, 0) is 9.84 Å². The summed E-state index contributed by atoms with van der Waals surface area (Å²) >= 11 is 0. The fourth-order valence-corrected chi connectivity index (χ4v) is 2.23. The summed E-state index contributed by atoms with van der Waals surface area (Å²) in [7, 11) is -2.26. The molecule has 0 aliphatic heterocycles. The Morgan fingerprint density at radius 1 is 1.47 bits per heavy atom. The van der Waals surface area contributed by atoms with E-state index in [0.717, 1.165) is 18.4 Å². The van der Waals surface area contributed by atoms with Crippen LogP contribution >= 0.6 is 0 Å². The van der Waals surface area contributed by atoms with Gasteiger partial charge in [-0.15, -0.1) is 0 Å². The Morgan fingerprint density at radius 2 is 2.06 bits per heavy atom. The van der Waals surface area contributed by atoms with Gasteiger partial charge in [0, 0.05) is 30.4 Å². The second-order valence-electron chi connectivity index (χ2n) is 3.88. The number of aliphatic hydroxyl groups excluding tert-OH is 1. The van der Waals surface area contributed by atoms with E-state index in [1.54, 1.807) is 6.92 Å². The third kappa shape index (κ3) is 2.95. The normalized spacial score (nSPS) is 13.5. The summed E-state index contributed by atoms with van der Waals surface area (Å²) in [6, 6.07) is 2.24. The van der Waals surface area contributed by atoms with Gasteiger partial charge < -0.3 is 9.84 Å². The Kier molecular flexibility index (Phi) is 4.11. The lowest BCUT2D eigenvalue weighted by Crippen LogP contribution is -2.07. The second kappa shape index (κ2) is 5.01. The van der Waals surface area contributed by atoms with Gasteiger partial charge in [0.1, 0.15) is 16.5 Å². The minimum atomic E-state index is -3.63. The zero-order valence-corrected chi connectivity index (χ0v) is 10.7. The summed E-state index contributed by atoms with van der Waals surface area (Å²) in [5, 5.41) is 9.03. The molecule has 0 aromatic heterocycles. The van der Waals surface area contributed by atoms with Gasteiger partial charge in [0.15, 0.2) is 9.84 Å². The molecule has 0 amide bonds. The van der Waals surface area contributed by atoms with Crippen molar-refractivity contribution >= 4 is 9.84 Å². The van der Waals surface area contributed by atoms with Gasteiger partial charge in [-0.05, 0) is 6.07 Å². The molecule has 0 radical (unpaired) electrons. The molecule has 1 aromatic carbocycles. The van der Waals surface area contributed by atoms with Crippen LogP contribution in [0, 0.1) is 5.82 Å². The standard InChI is InChI=1S/C11H15FO4S/c1-7(6-13)8-4-9(12)11(17(3,14)15)5-10(8)16-2/h4-5,7,13H,6H2,1-3H3. The quantitative estimate of drug-likeness (QED) is 0.889. The van der Waals surface area contributed by atoms with E-state index in [4.69, 9.17) is 9.84 Å². The monoisotopic (exact) mass is 262 g/mol. The smallest absolute Gasteiger partial charge is 0.178 e. The molecule has 0 fully saturated rings. The van der Waals surface area contributed by atoms with Crippen molar-refractivity contribution < 1.29 is 22.7 Å². The molecule has 1 aromatic rings. The molecular weight excluding hydrogens is 247 g/mol. The predicted molar refractivity (Wildman–Crippen MR) is 61.6 cm³/mol. The number of sulfone groups is 1. The zero-order valence-electron chi connectivity index (χ0n) is 9.90. The maximum Gasteiger partial charge on any atom is 0.178 e. The first-order chi connectivity index (χ1) is 7.81. The molecule has 17 heavy (non-hydrogen) atoms. The van der Waals surface area contributed by atoms with Gasteiger partial charge in [-0.25, -0.2) is 12.8 Å². The van der Waals surface area contributed by atoms with Crippen molar-refractivity contribution in [2.24, 2.45) is 0 Å². The van der Waals surface area contributed by atoms with E-state index >= 15 is 0 Å². The third-order valence-corrected chi connectivity index (χ3v) is 3.60. The lowest BCUT2D eigenvalue weighted by atomic mass is 10.0. The van der Waals surface area contributed by atoms with Crippen molar-refractivity contribution in [2.45, 2.75) is 17.7 Å². The van der Waals surface area contributed by atoms with Crippen LogP contribution in [0.1, 0.15) is 18.4 Å². The van der Waals surface area contributed by atoms with Gasteiger partial charge in [0.25, 0.3) is 0 Å². The fraction of sp³-hybridized carbons (Fsp3) is 0.455. The Bertz CT molecular complexity index is 510. The average molecular weight is 262 g/mol. The molecular formula is C11H15FO4S. The lowest BCUT2D eigenvalue weighted by molar-refractivity contribution is 0.269. The van der Waals surface area contributed by atoms with Crippen LogP contribution < -0.4 is 4.74 Å². The van der Waals surface area contributed by atoms with Crippen LogP contribution in [0.3, 0.4) is 0 Å². The molecule has 4 nitrogen and oxygen atoms in total. The first-order valence-corrected chi connectivity index (χ1v) is 6.88. The fourth-order valence-electron chi connectivity index (χ4n) is 1.49. The summed E-state index contributed by atoms with van der Waals surface area (Å²) in [6.07, 6.45) is 0.931. The number of hydrogen-bond acceptors (Lipinski definition) is 4. The first-order valence-electron chi connectivity index (χ1n) is 4.99. The van der Waals surface area contributed by atoms with E-state index in [9.17, 15) is 12.8 Å². The van der Waals surface area contributed by atoms with Gasteiger partial charge in [-0.1, -0.05) is 6.92 Å². The minimum Gasteiger partial charge on any atom is -0.496 e. The van der Waals surface area contributed by atoms with Gasteiger partial charge in [-0.3, -0.25) is 0 Å². The summed E-state index contributed by atoms with van der Waals surface area (Å²) in [4.78, 5) is -0.400. The molecule has 0 saturated carbocycles. The first kappa shape index (κ1) is 13.9. The predicted octanol–water partition coefficient (Wildman–Crippen LogP) is 1.33. The third-order valence-electron chi connectivity index (χ3n) is 2.49. The number of benzene rings is 1. The molecule has 0 aliphatic carbocycles. The number of methoxy groups -OCH3 is 1. The maximum atomic E-state index is 13.6. The highest BCUT2D eigenvalue weighted by Gasteiger charge is 2.20. The van der Waals surface area contributed by atoms with Crippen molar-refractivity contribution in [3.8, 4) is 5.75 Å². The molecule has 0 aliphatic rings. The zero-order chi connectivity index (χ0) is 13.2. The van der Waals surface area contributed by atoms with E-state index in [-0.39, 0.29) is 18.3 Å². The van der Waals surface area contributed by atoms with Crippen molar-refractivity contribution in [3.63, 3.8) is 0 Å². The number of aliphatic hydroxyl groups is 1. The van der Waals surface area contributed by atoms with Crippen LogP contribution in [0.15, 0.2) is 17.0 Å². The van der Waals surface area contributed by atoms with Gasteiger partial charge >= 0.3 is 0 Å². The summed E-state index contributed by atoms with van der Waals surface area (Å²) in [5.74, 6) is -0.898. The van der Waals surface area contributed by atoms with Crippen LogP contribution in [0.5, 0.6) is 5.75 Å².